The Hall–Kier alpha value is -3.88. The summed E-state index contributed by atoms with van der Waals surface area (Å²) >= 11 is 0. The van der Waals surface area contributed by atoms with Gasteiger partial charge in [-0.15, -0.1) is 0 Å². The molecule has 0 saturated heterocycles. The Kier molecular flexibility index (Phi) is 4.92. The average Bonchev–Trinajstić information content (AvgIpc) is 3.03. The predicted octanol–water partition coefficient (Wildman–Crippen LogP) is 5.24. The number of nitrogens with one attached hydrogen (secondary N) is 1. The molecule has 0 bridgehead atoms. The summed E-state index contributed by atoms with van der Waals surface area (Å²) in [5.41, 5.74) is -0.415. The van der Waals surface area contributed by atoms with Gasteiger partial charge in [0.1, 0.15) is 17.2 Å². The molecule has 1 aromatic heterocycles. The summed E-state index contributed by atoms with van der Waals surface area (Å²) < 4.78 is 40.1. The van der Waals surface area contributed by atoms with Crippen LogP contribution in [0.2, 0.25) is 0 Å². The fraction of sp³-hybridized carbons (Fsp3) is 0.174. The first-order chi connectivity index (χ1) is 15.0. The van der Waals surface area contributed by atoms with E-state index < -0.39 is 23.2 Å². The molecule has 0 saturated carbocycles. The fourth-order valence-electron chi connectivity index (χ4n) is 3.62. The van der Waals surface area contributed by atoms with E-state index in [0.29, 0.717) is 0 Å². The van der Waals surface area contributed by atoms with Crippen molar-refractivity contribution in [1.82, 2.24) is 9.55 Å². The van der Waals surface area contributed by atoms with Gasteiger partial charge in [-0.2, -0.15) is 13.2 Å². The van der Waals surface area contributed by atoms with Crippen LogP contribution in [0.15, 0.2) is 53.3 Å². The quantitative estimate of drug-likeness (QED) is 0.347. The highest BCUT2D eigenvalue weighted by Crippen LogP contribution is 2.41. The first kappa shape index (κ1) is 21.4. The maximum atomic E-state index is 13.0. The minimum absolute atomic E-state index is 0.0662. The molecule has 0 amide bonds. The topological polar surface area (TPSA) is 98.5 Å². The molecule has 0 aliphatic rings. The molecule has 0 unspecified atom stereocenters. The van der Waals surface area contributed by atoms with Gasteiger partial charge in [-0.25, -0.2) is 4.79 Å². The Morgan fingerprint density at radius 2 is 1.56 bits per heavy atom. The van der Waals surface area contributed by atoms with Crippen molar-refractivity contribution >= 4 is 11.0 Å². The second-order valence-corrected chi connectivity index (χ2v) is 7.78. The lowest BCUT2D eigenvalue weighted by Gasteiger charge is -2.14. The summed E-state index contributed by atoms with van der Waals surface area (Å²) in [5.74, 6) is -0.794. The molecule has 9 heteroatoms. The normalized spacial score (nSPS) is 12.1. The number of nitrogens with zero attached hydrogens (tertiary/aromatic N) is 1. The van der Waals surface area contributed by atoms with Crippen molar-refractivity contribution in [3.05, 3.63) is 70.1 Å². The van der Waals surface area contributed by atoms with E-state index in [-0.39, 0.29) is 45.3 Å². The first-order valence-corrected chi connectivity index (χ1v) is 9.69. The van der Waals surface area contributed by atoms with Crippen LogP contribution >= 0.6 is 0 Å². The number of phenols is 3. The number of aromatic hydroxyl groups is 3. The van der Waals surface area contributed by atoms with Gasteiger partial charge < -0.3 is 20.3 Å². The van der Waals surface area contributed by atoms with Gasteiger partial charge >= 0.3 is 11.9 Å². The molecular weight excluding hydrogens is 425 g/mol. The minimum Gasteiger partial charge on any atom is -0.507 e. The number of aromatic nitrogens is 2. The molecule has 6 nitrogen and oxygen atoms in total. The number of aromatic amines is 1. The SMILES string of the molecule is CC(C)c1ccc(O)c(-c2cc(-n3c(=O)[nH]c4cc(C(F)(F)F)ccc43)c(O)cc2O)c1. The number of phenolic OH excluding ortho intramolecular Hbond substituents is 3. The molecule has 166 valence electrons. The van der Waals surface area contributed by atoms with Gasteiger partial charge in [-0.1, -0.05) is 19.9 Å². The number of halogens is 3. The van der Waals surface area contributed by atoms with Gasteiger partial charge in [0, 0.05) is 17.2 Å². The molecule has 0 spiro atoms. The molecule has 0 aliphatic carbocycles. The lowest BCUT2D eigenvalue weighted by atomic mass is 9.95. The Morgan fingerprint density at radius 1 is 0.875 bits per heavy atom. The molecule has 4 aromatic rings. The summed E-state index contributed by atoms with van der Waals surface area (Å²) in [4.78, 5) is 15.0. The number of hydrogen-bond donors (Lipinski definition) is 4. The van der Waals surface area contributed by atoms with Crippen molar-refractivity contribution in [2.24, 2.45) is 0 Å². The summed E-state index contributed by atoms with van der Waals surface area (Å²) in [6.45, 7) is 3.91. The van der Waals surface area contributed by atoms with Gasteiger partial charge in [0.2, 0.25) is 0 Å². The molecule has 1 heterocycles. The van der Waals surface area contributed by atoms with E-state index in [2.05, 4.69) is 4.98 Å². The van der Waals surface area contributed by atoms with Crippen LogP contribution in [0.5, 0.6) is 17.2 Å². The summed E-state index contributed by atoms with van der Waals surface area (Å²) in [5, 5.41) is 31.2. The number of hydrogen-bond acceptors (Lipinski definition) is 4. The van der Waals surface area contributed by atoms with Crippen LogP contribution in [0.25, 0.3) is 27.8 Å². The van der Waals surface area contributed by atoms with Crippen LogP contribution in [0.3, 0.4) is 0 Å². The highest BCUT2D eigenvalue weighted by atomic mass is 19.4. The number of alkyl halides is 3. The van der Waals surface area contributed by atoms with E-state index in [0.717, 1.165) is 34.4 Å². The minimum atomic E-state index is -4.58. The van der Waals surface area contributed by atoms with Crippen molar-refractivity contribution in [2.75, 3.05) is 0 Å². The van der Waals surface area contributed by atoms with Crippen LogP contribution in [0, 0.1) is 0 Å². The lowest BCUT2D eigenvalue weighted by molar-refractivity contribution is -0.137. The molecule has 4 rings (SSSR count). The van der Waals surface area contributed by atoms with Crippen molar-refractivity contribution < 1.29 is 28.5 Å². The van der Waals surface area contributed by atoms with Gasteiger partial charge in [-0.3, -0.25) is 4.57 Å². The number of imidazole rings is 1. The van der Waals surface area contributed by atoms with Gasteiger partial charge in [0.05, 0.1) is 22.3 Å². The Labute approximate surface area is 179 Å². The number of rotatable bonds is 3. The summed E-state index contributed by atoms with van der Waals surface area (Å²) in [7, 11) is 0. The Morgan fingerprint density at radius 3 is 2.22 bits per heavy atom. The second-order valence-electron chi connectivity index (χ2n) is 7.78. The second kappa shape index (κ2) is 7.37. The van der Waals surface area contributed by atoms with Crippen molar-refractivity contribution in [2.45, 2.75) is 25.9 Å². The smallest absolute Gasteiger partial charge is 0.416 e. The molecule has 32 heavy (non-hydrogen) atoms. The standard InChI is InChI=1S/C23H19F3N2O4/c1-11(2)12-3-6-19(29)14(7-12)15-9-18(21(31)10-20(15)30)28-17-5-4-13(23(24,25)26)8-16(17)27-22(28)32/h3-11,29-31H,1-2H3,(H,27,32). The third-order valence-corrected chi connectivity index (χ3v) is 5.32. The van der Waals surface area contributed by atoms with Gasteiger partial charge in [0.25, 0.3) is 0 Å². The third-order valence-electron chi connectivity index (χ3n) is 5.32. The van der Waals surface area contributed by atoms with E-state index in [4.69, 9.17) is 0 Å². The zero-order valence-electron chi connectivity index (χ0n) is 17.0. The highest BCUT2D eigenvalue weighted by molar-refractivity contribution is 5.83. The van der Waals surface area contributed by atoms with Crippen LogP contribution in [0.4, 0.5) is 13.2 Å². The molecule has 0 fully saturated rings. The van der Waals surface area contributed by atoms with Crippen LogP contribution in [0.1, 0.15) is 30.9 Å². The Bertz CT molecular complexity index is 1400. The maximum Gasteiger partial charge on any atom is 0.416 e. The molecule has 0 aliphatic heterocycles. The third kappa shape index (κ3) is 3.55. The largest absolute Gasteiger partial charge is 0.507 e. The molecule has 4 N–H and O–H groups in total. The van der Waals surface area contributed by atoms with Gasteiger partial charge in [0.15, 0.2) is 0 Å². The molecule has 0 atom stereocenters. The van der Waals surface area contributed by atoms with Crippen LogP contribution in [-0.2, 0) is 6.18 Å². The maximum absolute atomic E-state index is 13.0. The summed E-state index contributed by atoms with van der Waals surface area (Å²) in [6.07, 6.45) is -4.58. The number of H-pyrrole nitrogens is 1. The number of fused-ring (bicyclic) bond motifs is 1. The zero-order valence-corrected chi connectivity index (χ0v) is 17.0. The van der Waals surface area contributed by atoms with Crippen LogP contribution in [-0.4, -0.2) is 24.9 Å². The van der Waals surface area contributed by atoms with E-state index in [1.54, 1.807) is 12.1 Å². The predicted molar refractivity (Wildman–Crippen MR) is 113 cm³/mol. The van der Waals surface area contributed by atoms with Crippen molar-refractivity contribution in [3.8, 4) is 34.1 Å². The Balaban J connectivity index is 1.95. The summed E-state index contributed by atoms with van der Waals surface area (Å²) in [6, 6.07) is 9.99. The molecule has 3 aromatic carbocycles. The van der Waals surface area contributed by atoms with E-state index in [1.807, 2.05) is 13.8 Å². The van der Waals surface area contributed by atoms with Crippen molar-refractivity contribution in [1.29, 1.82) is 0 Å². The van der Waals surface area contributed by atoms with Gasteiger partial charge in [-0.05, 0) is 47.9 Å². The average molecular weight is 444 g/mol. The lowest BCUT2D eigenvalue weighted by Crippen LogP contribution is -2.14. The van der Waals surface area contributed by atoms with Crippen molar-refractivity contribution in [3.63, 3.8) is 0 Å². The molecule has 0 radical (unpaired) electrons. The van der Waals surface area contributed by atoms with E-state index in [1.165, 1.54) is 12.1 Å². The monoisotopic (exact) mass is 444 g/mol. The van der Waals surface area contributed by atoms with E-state index >= 15 is 0 Å². The zero-order chi connectivity index (χ0) is 23.4. The number of benzene rings is 3. The molecular formula is C23H19F3N2O4. The highest BCUT2D eigenvalue weighted by Gasteiger charge is 2.31. The van der Waals surface area contributed by atoms with E-state index in [9.17, 15) is 33.3 Å². The van der Waals surface area contributed by atoms with Crippen LogP contribution < -0.4 is 5.69 Å². The first-order valence-electron chi connectivity index (χ1n) is 9.69. The fourth-order valence-corrected chi connectivity index (χ4v) is 3.62.